The molecular formula is C16H24N4O2. The van der Waals surface area contributed by atoms with Crippen LogP contribution in [0.2, 0.25) is 0 Å². The van der Waals surface area contributed by atoms with E-state index < -0.39 is 0 Å². The standard InChI is InChI=1S/C16H24N4O2/c1-19-6-7-22-15-11-20(5-4-14(15)10-19)16(21)3-2-13-8-17-12-18-9-13/h8-9,12,14-15H,2-7,10-11H2,1H3/t14-,15-/m1/s1. The number of fused-ring (bicyclic) bond motifs is 1. The van der Waals surface area contributed by atoms with Crippen molar-refractivity contribution in [3.05, 3.63) is 24.3 Å². The second kappa shape index (κ2) is 7.15. The molecular weight excluding hydrogens is 280 g/mol. The summed E-state index contributed by atoms with van der Waals surface area (Å²) in [5.74, 6) is 0.766. The number of carbonyl (C=O) groups excluding carboxylic acids is 1. The Balaban J connectivity index is 1.51. The molecule has 2 aliphatic rings. The Labute approximate surface area is 131 Å². The molecule has 1 amide bonds. The van der Waals surface area contributed by atoms with E-state index >= 15 is 0 Å². The van der Waals surface area contributed by atoms with Gasteiger partial charge in [0.05, 0.1) is 12.7 Å². The number of hydrogen-bond acceptors (Lipinski definition) is 5. The van der Waals surface area contributed by atoms with E-state index in [2.05, 4.69) is 21.9 Å². The van der Waals surface area contributed by atoms with Crippen LogP contribution in [-0.2, 0) is 16.0 Å². The summed E-state index contributed by atoms with van der Waals surface area (Å²) < 4.78 is 5.96. The summed E-state index contributed by atoms with van der Waals surface area (Å²) >= 11 is 0. The Morgan fingerprint density at radius 3 is 2.95 bits per heavy atom. The molecule has 0 N–H and O–H groups in total. The van der Waals surface area contributed by atoms with Gasteiger partial charge < -0.3 is 14.5 Å². The first kappa shape index (κ1) is 15.4. The van der Waals surface area contributed by atoms with E-state index in [1.165, 1.54) is 6.33 Å². The monoisotopic (exact) mass is 304 g/mol. The Morgan fingerprint density at radius 2 is 2.14 bits per heavy atom. The molecule has 3 rings (SSSR count). The van der Waals surface area contributed by atoms with Gasteiger partial charge in [-0.25, -0.2) is 9.97 Å². The third-order valence-corrected chi connectivity index (χ3v) is 4.64. The van der Waals surface area contributed by atoms with E-state index in [4.69, 9.17) is 4.74 Å². The van der Waals surface area contributed by atoms with Crippen molar-refractivity contribution in [2.24, 2.45) is 5.92 Å². The van der Waals surface area contributed by atoms with Crippen LogP contribution in [0, 0.1) is 5.92 Å². The largest absolute Gasteiger partial charge is 0.375 e. The molecule has 22 heavy (non-hydrogen) atoms. The Morgan fingerprint density at radius 1 is 1.32 bits per heavy atom. The third kappa shape index (κ3) is 3.81. The summed E-state index contributed by atoms with van der Waals surface area (Å²) in [6.45, 7) is 4.41. The predicted molar refractivity (Wildman–Crippen MR) is 82.3 cm³/mol. The average Bonchev–Trinajstić information content (AvgIpc) is 2.73. The normalized spacial score (nSPS) is 26.3. The molecule has 0 spiro atoms. The van der Waals surface area contributed by atoms with Crippen LogP contribution in [0.1, 0.15) is 18.4 Å². The number of hydrogen-bond donors (Lipinski definition) is 0. The Kier molecular flexibility index (Phi) is 5.00. The first-order valence-electron chi connectivity index (χ1n) is 8.04. The summed E-state index contributed by atoms with van der Waals surface area (Å²) in [6.07, 6.45) is 7.51. The topological polar surface area (TPSA) is 58.6 Å². The van der Waals surface area contributed by atoms with Gasteiger partial charge in [0.2, 0.25) is 5.91 Å². The molecule has 6 heteroatoms. The molecule has 1 aromatic heterocycles. The van der Waals surface area contributed by atoms with Crippen molar-refractivity contribution in [1.29, 1.82) is 0 Å². The van der Waals surface area contributed by atoms with E-state index in [1.54, 1.807) is 12.4 Å². The third-order valence-electron chi connectivity index (χ3n) is 4.64. The number of rotatable bonds is 3. The van der Waals surface area contributed by atoms with Crippen molar-refractivity contribution in [1.82, 2.24) is 19.8 Å². The fraction of sp³-hybridized carbons (Fsp3) is 0.688. The van der Waals surface area contributed by atoms with Gasteiger partial charge in [-0.2, -0.15) is 0 Å². The van der Waals surface area contributed by atoms with Crippen LogP contribution in [0.4, 0.5) is 0 Å². The molecule has 0 radical (unpaired) electrons. The second-order valence-electron chi connectivity index (χ2n) is 6.31. The van der Waals surface area contributed by atoms with Crippen LogP contribution >= 0.6 is 0 Å². The van der Waals surface area contributed by atoms with Gasteiger partial charge >= 0.3 is 0 Å². The Bertz CT molecular complexity index is 496. The molecule has 2 atom stereocenters. The minimum Gasteiger partial charge on any atom is -0.375 e. The molecule has 2 fully saturated rings. The first-order valence-corrected chi connectivity index (χ1v) is 8.04. The lowest BCUT2D eigenvalue weighted by Crippen LogP contribution is -2.48. The smallest absolute Gasteiger partial charge is 0.222 e. The number of likely N-dealkylation sites (tertiary alicyclic amines) is 1. The number of piperidine rings is 1. The highest BCUT2D eigenvalue weighted by molar-refractivity contribution is 5.76. The summed E-state index contributed by atoms with van der Waals surface area (Å²) in [6, 6.07) is 0. The molecule has 6 nitrogen and oxygen atoms in total. The van der Waals surface area contributed by atoms with Gasteiger partial charge in [-0.3, -0.25) is 4.79 Å². The number of amides is 1. The maximum atomic E-state index is 12.4. The number of ether oxygens (including phenoxy) is 1. The first-order chi connectivity index (χ1) is 10.7. The molecule has 0 aliphatic carbocycles. The molecule has 2 aliphatic heterocycles. The van der Waals surface area contributed by atoms with Crippen LogP contribution in [0.3, 0.4) is 0 Å². The highest BCUT2D eigenvalue weighted by Crippen LogP contribution is 2.24. The summed E-state index contributed by atoms with van der Waals surface area (Å²) in [5, 5.41) is 0. The highest BCUT2D eigenvalue weighted by atomic mass is 16.5. The summed E-state index contributed by atoms with van der Waals surface area (Å²) in [5.41, 5.74) is 1.01. The number of carbonyl (C=O) groups is 1. The minimum absolute atomic E-state index is 0.197. The molecule has 1 aromatic rings. The van der Waals surface area contributed by atoms with Gasteiger partial charge in [-0.05, 0) is 25.5 Å². The van der Waals surface area contributed by atoms with E-state index in [9.17, 15) is 4.79 Å². The zero-order valence-corrected chi connectivity index (χ0v) is 13.1. The van der Waals surface area contributed by atoms with Gasteiger partial charge in [0.1, 0.15) is 6.33 Å². The Hall–Kier alpha value is -1.53. The zero-order chi connectivity index (χ0) is 15.4. The maximum absolute atomic E-state index is 12.4. The molecule has 2 saturated heterocycles. The van der Waals surface area contributed by atoms with Crippen LogP contribution in [-0.4, -0.2) is 71.6 Å². The van der Waals surface area contributed by atoms with Crippen LogP contribution < -0.4 is 0 Å². The second-order valence-corrected chi connectivity index (χ2v) is 6.31. The summed E-state index contributed by atoms with van der Waals surface area (Å²) in [4.78, 5) is 24.7. The molecule has 120 valence electrons. The number of likely N-dealkylation sites (N-methyl/N-ethyl adjacent to an activating group) is 1. The van der Waals surface area contributed by atoms with Crippen molar-refractivity contribution in [3.63, 3.8) is 0 Å². The summed E-state index contributed by atoms with van der Waals surface area (Å²) in [7, 11) is 2.14. The quantitative estimate of drug-likeness (QED) is 0.818. The maximum Gasteiger partial charge on any atom is 0.222 e. The minimum atomic E-state index is 0.197. The van der Waals surface area contributed by atoms with Gasteiger partial charge in [-0.15, -0.1) is 0 Å². The van der Waals surface area contributed by atoms with Gasteiger partial charge in [-0.1, -0.05) is 0 Å². The van der Waals surface area contributed by atoms with E-state index in [0.29, 0.717) is 18.8 Å². The molecule has 0 unspecified atom stereocenters. The van der Waals surface area contributed by atoms with Gasteiger partial charge in [0, 0.05) is 50.9 Å². The van der Waals surface area contributed by atoms with E-state index in [-0.39, 0.29) is 12.0 Å². The van der Waals surface area contributed by atoms with Gasteiger partial charge in [0.25, 0.3) is 0 Å². The molecule has 0 saturated carbocycles. The van der Waals surface area contributed by atoms with Crippen molar-refractivity contribution >= 4 is 5.91 Å². The van der Waals surface area contributed by atoms with E-state index in [0.717, 1.165) is 44.8 Å². The van der Waals surface area contributed by atoms with Crippen molar-refractivity contribution in [2.75, 3.05) is 39.8 Å². The lowest BCUT2D eigenvalue weighted by Gasteiger charge is -2.37. The van der Waals surface area contributed by atoms with Crippen LogP contribution in [0.25, 0.3) is 0 Å². The fourth-order valence-corrected chi connectivity index (χ4v) is 3.31. The number of nitrogens with zero attached hydrogens (tertiary/aromatic N) is 4. The highest BCUT2D eigenvalue weighted by Gasteiger charge is 2.34. The number of aromatic nitrogens is 2. The van der Waals surface area contributed by atoms with Crippen LogP contribution in [0.5, 0.6) is 0 Å². The molecule has 3 heterocycles. The zero-order valence-electron chi connectivity index (χ0n) is 13.1. The number of aryl methyl sites for hydroxylation is 1. The van der Waals surface area contributed by atoms with E-state index in [1.807, 2.05) is 4.90 Å². The average molecular weight is 304 g/mol. The lowest BCUT2D eigenvalue weighted by molar-refractivity contribution is -0.136. The fourth-order valence-electron chi connectivity index (χ4n) is 3.31. The van der Waals surface area contributed by atoms with Crippen molar-refractivity contribution in [3.8, 4) is 0 Å². The van der Waals surface area contributed by atoms with Crippen molar-refractivity contribution < 1.29 is 9.53 Å². The van der Waals surface area contributed by atoms with Crippen LogP contribution in [0.15, 0.2) is 18.7 Å². The SMILES string of the molecule is CN1CCO[C@@H]2CN(C(=O)CCc3cncnc3)CC[C@@H]2C1. The molecule has 0 bridgehead atoms. The van der Waals surface area contributed by atoms with Gasteiger partial charge in [0.15, 0.2) is 0 Å². The molecule has 0 aromatic carbocycles. The van der Waals surface area contributed by atoms with Crippen molar-refractivity contribution in [2.45, 2.75) is 25.4 Å². The lowest BCUT2D eigenvalue weighted by atomic mass is 9.93. The predicted octanol–water partition coefficient (Wildman–Crippen LogP) is 0.588.